The standard InChI is InChI=1S/C44H65N5O11S/c1-9-58-36-24-46-40(33-18-17-30(57-8)22-34(33)36)59-31-23-35(38(45)50)49(25-31)41(52)37(47-42(53)60-43(3,4)5)29(26-56-7)21-27(2)13-10-11-14-28-15-12-16-32(28)39(51)48-61(54,55)44(6)19-20-44/h11,14,17-18,22,24,27-29,31-32,35,37H,9-10,12-13,15-16,19-21,23,25-26H2,1-8H3,(H2,45,50)(H,47,53)(H,48,51)/b14-11-/t27-,28-,29+,31?,32?,35+,37+/m1/s1. The van der Waals surface area contributed by atoms with E-state index in [9.17, 15) is 27.6 Å². The summed E-state index contributed by atoms with van der Waals surface area (Å²) in [6.45, 7) is 11.3. The first-order valence-corrected chi connectivity index (χ1v) is 22.8. The highest BCUT2D eigenvalue weighted by molar-refractivity contribution is 7.91. The van der Waals surface area contributed by atoms with Gasteiger partial charge in [0.25, 0.3) is 0 Å². The van der Waals surface area contributed by atoms with Crippen LogP contribution in [0.4, 0.5) is 4.79 Å². The van der Waals surface area contributed by atoms with Gasteiger partial charge in [0.1, 0.15) is 35.3 Å². The number of nitrogens with one attached hydrogen (secondary N) is 2. The number of fused-ring (bicyclic) bond motifs is 1. The Morgan fingerprint density at radius 1 is 1.11 bits per heavy atom. The lowest BCUT2D eigenvalue weighted by atomic mass is 9.86. The van der Waals surface area contributed by atoms with Gasteiger partial charge < -0.3 is 39.6 Å². The van der Waals surface area contributed by atoms with Crippen molar-refractivity contribution < 1.29 is 51.3 Å². The molecule has 1 aliphatic heterocycles. The molecule has 17 heteroatoms. The van der Waals surface area contributed by atoms with E-state index in [1.807, 2.05) is 31.2 Å². The summed E-state index contributed by atoms with van der Waals surface area (Å²) in [5.41, 5.74) is 5.07. The summed E-state index contributed by atoms with van der Waals surface area (Å²) in [5.74, 6) is -1.14. The molecule has 4 amide bonds. The van der Waals surface area contributed by atoms with Crippen molar-refractivity contribution in [3.63, 3.8) is 0 Å². The number of hydrogen-bond donors (Lipinski definition) is 3. The third kappa shape index (κ3) is 12.1. The number of hydrogen-bond acceptors (Lipinski definition) is 12. The Labute approximate surface area is 360 Å². The van der Waals surface area contributed by atoms with Crippen LogP contribution in [0.25, 0.3) is 10.8 Å². The van der Waals surface area contributed by atoms with Gasteiger partial charge >= 0.3 is 6.09 Å². The van der Waals surface area contributed by atoms with Crippen LogP contribution in [-0.2, 0) is 33.9 Å². The maximum Gasteiger partial charge on any atom is 0.408 e. The Hall–Kier alpha value is -4.64. The molecule has 338 valence electrons. The molecule has 5 rings (SSSR count). The second-order valence-electron chi connectivity index (χ2n) is 18.0. The summed E-state index contributed by atoms with van der Waals surface area (Å²) in [5, 5.41) is 4.19. The fourth-order valence-electron chi connectivity index (χ4n) is 8.33. The lowest BCUT2D eigenvalue weighted by Gasteiger charge is -2.33. The van der Waals surface area contributed by atoms with Crippen LogP contribution < -0.4 is 30.0 Å². The summed E-state index contributed by atoms with van der Waals surface area (Å²) >= 11 is 0. The number of nitrogens with two attached hydrogens (primary N) is 1. The van der Waals surface area contributed by atoms with Crippen molar-refractivity contribution in [3.8, 4) is 17.4 Å². The molecule has 1 aromatic carbocycles. The molecule has 3 fully saturated rings. The highest BCUT2D eigenvalue weighted by Gasteiger charge is 2.51. The number of likely N-dealkylation sites (tertiary alicyclic amines) is 1. The van der Waals surface area contributed by atoms with Crippen molar-refractivity contribution in [2.45, 2.75) is 128 Å². The number of nitrogens with zero attached hydrogens (tertiary/aromatic N) is 2. The summed E-state index contributed by atoms with van der Waals surface area (Å²) in [6, 6.07) is 3.24. The summed E-state index contributed by atoms with van der Waals surface area (Å²) in [6.07, 6.45) is 9.52. The molecule has 16 nitrogen and oxygen atoms in total. The maximum absolute atomic E-state index is 14.7. The first-order chi connectivity index (χ1) is 28.8. The van der Waals surface area contributed by atoms with Crippen LogP contribution in [-0.4, -0.2) is 105 Å². The zero-order valence-electron chi connectivity index (χ0n) is 36.9. The summed E-state index contributed by atoms with van der Waals surface area (Å²) < 4.78 is 55.8. The smallest absolute Gasteiger partial charge is 0.408 e. The van der Waals surface area contributed by atoms with E-state index in [2.05, 4.69) is 21.9 Å². The Morgan fingerprint density at radius 2 is 1.85 bits per heavy atom. The average Bonchev–Trinajstić information content (AvgIpc) is 3.57. The molecule has 0 radical (unpaired) electrons. The largest absolute Gasteiger partial charge is 0.497 e. The molecule has 3 aliphatic rings. The highest BCUT2D eigenvalue weighted by Crippen LogP contribution is 2.43. The highest BCUT2D eigenvalue weighted by atomic mass is 32.2. The fraction of sp³-hybridized carbons (Fsp3) is 0.659. The lowest BCUT2D eigenvalue weighted by Crippen LogP contribution is -2.57. The van der Waals surface area contributed by atoms with Crippen LogP contribution in [0.2, 0.25) is 0 Å². The van der Waals surface area contributed by atoms with Crippen LogP contribution in [0.5, 0.6) is 17.4 Å². The zero-order valence-corrected chi connectivity index (χ0v) is 37.7. The molecule has 0 spiro atoms. The minimum atomic E-state index is -3.70. The van der Waals surface area contributed by atoms with Crippen LogP contribution in [0.15, 0.2) is 36.5 Å². The van der Waals surface area contributed by atoms with E-state index in [0.717, 1.165) is 24.6 Å². The fourth-order valence-corrected chi connectivity index (χ4v) is 9.63. The summed E-state index contributed by atoms with van der Waals surface area (Å²) in [4.78, 5) is 59.9. The Morgan fingerprint density at radius 3 is 2.49 bits per heavy atom. The number of benzene rings is 1. The van der Waals surface area contributed by atoms with Gasteiger partial charge in [0, 0.05) is 36.1 Å². The molecule has 4 N–H and O–H groups in total. The molecular weight excluding hydrogens is 807 g/mol. The first-order valence-electron chi connectivity index (χ1n) is 21.4. The number of primary amides is 1. The number of amides is 4. The maximum atomic E-state index is 14.7. The van der Waals surface area contributed by atoms with Crippen molar-refractivity contribution in [2.24, 2.45) is 29.4 Å². The number of alkyl carbamates (subject to hydrolysis) is 1. The second-order valence-corrected chi connectivity index (χ2v) is 20.2. The van der Waals surface area contributed by atoms with Crippen molar-refractivity contribution in [1.29, 1.82) is 0 Å². The SMILES string of the molecule is CCOc1cnc(OC2C[C@@H](C(N)=O)N(C(=O)[C@@H](NC(=O)OC(C)(C)C)[C@H](COC)C[C@H](C)CC/C=C\[C@@H]3CCCC3C(=O)NS(=O)(=O)C3(C)CC3)C2)c2ccc(OC)cc12. The van der Waals surface area contributed by atoms with Gasteiger partial charge in [-0.1, -0.05) is 25.5 Å². The number of ether oxygens (including phenoxy) is 5. The van der Waals surface area contributed by atoms with E-state index in [4.69, 9.17) is 29.4 Å². The minimum absolute atomic E-state index is 0.00302. The molecule has 2 saturated carbocycles. The number of allylic oxidation sites excluding steroid dienone is 2. The Kier molecular flexibility index (Phi) is 15.6. The number of methoxy groups -OCH3 is 2. The van der Waals surface area contributed by atoms with Gasteiger partial charge in [0.15, 0.2) is 0 Å². The van der Waals surface area contributed by atoms with Crippen LogP contribution >= 0.6 is 0 Å². The Balaban J connectivity index is 1.29. The predicted octanol–water partition coefficient (Wildman–Crippen LogP) is 5.41. The van der Waals surface area contributed by atoms with Crippen LogP contribution in [0.3, 0.4) is 0 Å². The molecule has 1 saturated heterocycles. The van der Waals surface area contributed by atoms with E-state index in [1.165, 1.54) is 12.0 Å². The van der Waals surface area contributed by atoms with Crippen LogP contribution in [0.1, 0.15) is 99.3 Å². The molecule has 2 aliphatic carbocycles. The molecule has 0 bridgehead atoms. The van der Waals surface area contributed by atoms with Gasteiger partial charge in [-0.15, -0.1) is 0 Å². The van der Waals surface area contributed by atoms with Gasteiger partial charge in [0.2, 0.25) is 33.6 Å². The minimum Gasteiger partial charge on any atom is -0.497 e. The van der Waals surface area contributed by atoms with Crippen LogP contribution in [0, 0.1) is 23.7 Å². The van der Waals surface area contributed by atoms with Gasteiger partial charge in [0.05, 0.1) is 37.8 Å². The van der Waals surface area contributed by atoms with E-state index < -0.39 is 74.2 Å². The van der Waals surface area contributed by atoms with Crippen molar-refractivity contribution in [3.05, 3.63) is 36.5 Å². The number of aromatic nitrogens is 1. The zero-order chi connectivity index (χ0) is 44.7. The molecule has 2 heterocycles. The third-order valence-corrected chi connectivity index (χ3v) is 14.1. The quantitative estimate of drug-likeness (QED) is 0.143. The topological polar surface area (TPSA) is 215 Å². The van der Waals surface area contributed by atoms with Gasteiger partial charge in [-0.2, -0.15) is 0 Å². The van der Waals surface area contributed by atoms with E-state index in [1.54, 1.807) is 47.1 Å². The predicted molar refractivity (Wildman–Crippen MR) is 229 cm³/mol. The number of carbonyl (C=O) groups excluding carboxylic acids is 4. The summed E-state index contributed by atoms with van der Waals surface area (Å²) in [7, 11) is -0.611. The van der Waals surface area contributed by atoms with Gasteiger partial charge in [-0.05, 0) is 110 Å². The van der Waals surface area contributed by atoms with E-state index in [-0.39, 0.29) is 37.3 Å². The second kappa shape index (κ2) is 20.0. The van der Waals surface area contributed by atoms with E-state index >= 15 is 0 Å². The van der Waals surface area contributed by atoms with Crippen molar-refractivity contribution in [1.82, 2.24) is 19.9 Å². The number of rotatable bonds is 20. The molecule has 1 aromatic heterocycles. The number of carbonyl (C=O) groups is 4. The van der Waals surface area contributed by atoms with Crippen molar-refractivity contribution >= 4 is 44.6 Å². The third-order valence-electron chi connectivity index (χ3n) is 11.9. The first kappa shape index (κ1) is 47.4. The monoisotopic (exact) mass is 871 g/mol. The average molecular weight is 872 g/mol. The molecule has 61 heavy (non-hydrogen) atoms. The molecule has 2 unspecified atom stereocenters. The van der Waals surface area contributed by atoms with Gasteiger partial charge in [-0.3, -0.25) is 19.1 Å². The van der Waals surface area contributed by atoms with Gasteiger partial charge in [-0.25, -0.2) is 18.2 Å². The number of sulfonamides is 1. The normalized spacial score (nSPS) is 22.7. The molecule has 7 atom stereocenters. The number of pyridine rings is 1. The Bertz CT molecular complexity index is 2030. The lowest BCUT2D eigenvalue weighted by molar-refractivity contribution is -0.140. The molecule has 2 aromatic rings. The van der Waals surface area contributed by atoms with Crippen molar-refractivity contribution in [2.75, 3.05) is 34.0 Å². The van der Waals surface area contributed by atoms with E-state index in [0.29, 0.717) is 55.6 Å². The molecular formula is C44H65N5O11S.